The lowest BCUT2D eigenvalue weighted by atomic mass is 9.88. The average Bonchev–Trinajstić information content (AvgIpc) is 3.18. The predicted molar refractivity (Wildman–Crippen MR) is 130 cm³/mol. The summed E-state index contributed by atoms with van der Waals surface area (Å²) in [6.07, 6.45) is 2.90. The zero-order valence-corrected chi connectivity index (χ0v) is 19.0. The molecule has 170 valence electrons. The van der Waals surface area contributed by atoms with Gasteiger partial charge < -0.3 is 15.8 Å². The highest BCUT2D eigenvalue weighted by Crippen LogP contribution is 2.39. The monoisotopic (exact) mass is 463 g/mol. The Kier molecular flexibility index (Phi) is 5.83. The number of anilines is 1. The number of aromatic nitrogens is 2. The van der Waals surface area contributed by atoms with Crippen molar-refractivity contribution in [2.75, 3.05) is 31.5 Å². The second kappa shape index (κ2) is 8.92. The van der Waals surface area contributed by atoms with E-state index in [1.54, 1.807) is 12.1 Å². The molecule has 2 aliphatic heterocycles. The van der Waals surface area contributed by atoms with Gasteiger partial charge in [-0.1, -0.05) is 17.7 Å². The highest BCUT2D eigenvalue weighted by Gasteiger charge is 2.38. The molecule has 2 aliphatic rings. The molecule has 1 unspecified atom stereocenters. The number of likely N-dealkylation sites (tertiary alicyclic amines) is 1. The van der Waals surface area contributed by atoms with Crippen LogP contribution in [-0.2, 0) is 0 Å². The number of carbonyl (C=O) groups excluding carboxylic acids is 1. The molecule has 8 heteroatoms. The first-order valence-corrected chi connectivity index (χ1v) is 11.4. The minimum absolute atomic E-state index is 0.238. The second-order valence-electron chi connectivity index (χ2n) is 8.51. The Hall–Kier alpha value is -3.29. The Labute approximate surface area is 197 Å². The number of nitrogens with one attached hydrogen (secondary N) is 1. The van der Waals surface area contributed by atoms with Gasteiger partial charge in [0, 0.05) is 42.7 Å². The Morgan fingerprint density at radius 3 is 2.48 bits per heavy atom. The van der Waals surface area contributed by atoms with E-state index < -0.39 is 5.91 Å². The van der Waals surface area contributed by atoms with Crippen molar-refractivity contribution < 1.29 is 9.53 Å². The van der Waals surface area contributed by atoms with E-state index in [0.717, 1.165) is 44.0 Å². The van der Waals surface area contributed by atoms with E-state index in [0.29, 0.717) is 33.7 Å². The number of carbonyl (C=O) groups is 1. The summed E-state index contributed by atoms with van der Waals surface area (Å²) in [5.41, 5.74) is 7.66. The number of hydrogen-bond donors (Lipinski definition) is 2. The first-order chi connectivity index (χ1) is 16.0. The van der Waals surface area contributed by atoms with Crippen LogP contribution in [0.5, 0.6) is 11.5 Å². The molecule has 1 amide bonds. The van der Waals surface area contributed by atoms with E-state index in [2.05, 4.69) is 16.8 Å². The molecular formula is C25H26ClN5O2. The maximum Gasteiger partial charge on any atom is 0.254 e. The minimum atomic E-state index is -0.484. The maximum absolute atomic E-state index is 12.4. The first kappa shape index (κ1) is 21.6. The van der Waals surface area contributed by atoms with Crippen molar-refractivity contribution in [3.05, 3.63) is 71.8 Å². The standard InChI is InChI=1S/C25H26ClN5O2/c1-2-13-30-14-17(15-30)21-11-12-28-25-22(24(27)32)23(29-31(21)25)16-3-7-19(8-4-16)33-20-9-5-18(26)6-10-20/h2-10,17,21,28H,1,11-15H2,(H2,27,32). The van der Waals surface area contributed by atoms with Gasteiger partial charge in [-0.05, 0) is 55.0 Å². The molecule has 1 aromatic heterocycles. The topological polar surface area (TPSA) is 85.4 Å². The minimum Gasteiger partial charge on any atom is -0.457 e. The fourth-order valence-electron chi connectivity index (χ4n) is 4.68. The van der Waals surface area contributed by atoms with Crippen LogP contribution in [0.4, 0.5) is 5.82 Å². The fraction of sp³-hybridized carbons (Fsp3) is 0.280. The maximum atomic E-state index is 12.4. The van der Waals surface area contributed by atoms with Crippen LogP contribution in [0, 0.1) is 5.92 Å². The van der Waals surface area contributed by atoms with Gasteiger partial charge in [-0.25, -0.2) is 4.68 Å². The molecule has 0 bridgehead atoms. The van der Waals surface area contributed by atoms with Gasteiger partial charge in [0.1, 0.15) is 28.6 Å². The summed E-state index contributed by atoms with van der Waals surface area (Å²) in [5.74, 6) is 2.11. The van der Waals surface area contributed by atoms with Gasteiger partial charge in [-0.2, -0.15) is 5.10 Å². The van der Waals surface area contributed by atoms with Crippen LogP contribution in [0.25, 0.3) is 11.3 Å². The number of halogens is 1. The molecule has 3 N–H and O–H groups in total. The number of ether oxygens (including phenoxy) is 1. The number of amides is 1. The van der Waals surface area contributed by atoms with Crippen molar-refractivity contribution in [3.63, 3.8) is 0 Å². The summed E-state index contributed by atoms with van der Waals surface area (Å²) in [6.45, 7) is 7.53. The summed E-state index contributed by atoms with van der Waals surface area (Å²) >= 11 is 5.94. The number of nitrogens with two attached hydrogens (primary N) is 1. The van der Waals surface area contributed by atoms with E-state index >= 15 is 0 Å². The molecule has 3 heterocycles. The summed E-state index contributed by atoms with van der Waals surface area (Å²) in [4.78, 5) is 14.8. The number of fused-ring (bicyclic) bond motifs is 1. The van der Waals surface area contributed by atoms with Crippen LogP contribution in [0.3, 0.4) is 0 Å². The lowest BCUT2D eigenvalue weighted by Gasteiger charge is -2.44. The first-order valence-electron chi connectivity index (χ1n) is 11.1. The Morgan fingerprint density at radius 2 is 1.85 bits per heavy atom. The molecule has 3 aromatic rings. The SMILES string of the molecule is C=CCN1CC(C2CCNc3c(C(N)=O)c(-c4ccc(Oc5ccc(Cl)cc5)cc4)nn32)C1. The van der Waals surface area contributed by atoms with Gasteiger partial charge in [0.25, 0.3) is 5.91 Å². The zero-order valence-electron chi connectivity index (χ0n) is 18.2. The van der Waals surface area contributed by atoms with Crippen molar-refractivity contribution in [2.24, 2.45) is 11.7 Å². The fourth-order valence-corrected chi connectivity index (χ4v) is 4.81. The molecule has 0 radical (unpaired) electrons. The number of nitrogens with zero attached hydrogens (tertiary/aromatic N) is 3. The van der Waals surface area contributed by atoms with E-state index in [1.165, 1.54) is 0 Å². The highest BCUT2D eigenvalue weighted by atomic mass is 35.5. The molecule has 1 fully saturated rings. The van der Waals surface area contributed by atoms with Crippen LogP contribution < -0.4 is 15.8 Å². The highest BCUT2D eigenvalue weighted by molar-refractivity contribution is 6.30. The van der Waals surface area contributed by atoms with E-state index in [9.17, 15) is 4.79 Å². The van der Waals surface area contributed by atoms with Gasteiger partial charge in [0.2, 0.25) is 0 Å². The van der Waals surface area contributed by atoms with Crippen molar-refractivity contribution in [2.45, 2.75) is 12.5 Å². The van der Waals surface area contributed by atoms with Crippen molar-refractivity contribution in [3.8, 4) is 22.8 Å². The van der Waals surface area contributed by atoms with Gasteiger partial charge in [-0.15, -0.1) is 6.58 Å². The number of hydrogen-bond acceptors (Lipinski definition) is 5. The van der Waals surface area contributed by atoms with E-state index in [4.69, 9.17) is 27.2 Å². The molecule has 1 atom stereocenters. The molecule has 33 heavy (non-hydrogen) atoms. The Morgan fingerprint density at radius 1 is 1.18 bits per heavy atom. The normalized spacial score (nSPS) is 18.2. The average molecular weight is 464 g/mol. The third-order valence-corrected chi connectivity index (χ3v) is 6.55. The van der Waals surface area contributed by atoms with Gasteiger partial charge >= 0.3 is 0 Å². The molecule has 0 saturated carbocycles. The smallest absolute Gasteiger partial charge is 0.254 e. The number of rotatable bonds is 7. The molecule has 0 spiro atoms. The van der Waals surface area contributed by atoms with Gasteiger partial charge in [-0.3, -0.25) is 9.69 Å². The third-order valence-electron chi connectivity index (χ3n) is 6.30. The quantitative estimate of drug-likeness (QED) is 0.501. The van der Waals surface area contributed by atoms with Crippen LogP contribution in [0.1, 0.15) is 22.8 Å². The number of benzene rings is 2. The van der Waals surface area contributed by atoms with E-state index in [-0.39, 0.29) is 6.04 Å². The van der Waals surface area contributed by atoms with Crippen molar-refractivity contribution >= 4 is 23.3 Å². The summed E-state index contributed by atoms with van der Waals surface area (Å²) < 4.78 is 7.86. The second-order valence-corrected chi connectivity index (χ2v) is 8.95. The van der Waals surface area contributed by atoms with Crippen molar-refractivity contribution in [1.82, 2.24) is 14.7 Å². The van der Waals surface area contributed by atoms with Gasteiger partial charge in [0.15, 0.2) is 0 Å². The zero-order chi connectivity index (χ0) is 22.9. The third kappa shape index (κ3) is 4.21. The Balaban J connectivity index is 1.42. The van der Waals surface area contributed by atoms with Gasteiger partial charge in [0.05, 0.1) is 6.04 Å². The molecule has 5 rings (SSSR count). The largest absolute Gasteiger partial charge is 0.457 e. The molecule has 7 nitrogen and oxygen atoms in total. The lowest BCUT2D eigenvalue weighted by Crippen LogP contribution is -2.51. The van der Waals surface area contributed by atoms with Crippen LogP contribution >= 0.6 is 11.6 Å². The Bertz CT molecular complexity index is 1170. The van der Waals surface area contributed by atoms with Crippen LogP contribution in [-0.4, -0.2) is 46.8 Å². The lowest BCUT2D eigenvalue weighted by molar-refractivity contribution is 0.0643. The summed E-state index contributed by atoms with van der Waals surface area (Å²) in [7, 11) is 0. The van der Waals surface area contributed by atoms with Crippen LogP contribution in [0.15, 0.2) is 61.2 Å². The molecule has 0 aliphatic carbocycles. The van der Waals surface area contributed by atoms with E-state index in [1.807, 2.05) is 47.2 Å². The van der Waals surface area contributed by atoms with Crippen LogP contribution in [0.2, 0.25) is 5.02 Å². The molecule has 2 aromatic carbocycles. The predicted octanol–water partition coefficient (Wildman–Crippen LogP) is 4.57. The number of primary amides is 1. The van der Waals surface area contributed by atoms with Crippen molar-refractivity contribution in [1.29, 1.82) is 0 Å². The summed E-state index contributed by atoms with van der Waals surface area (Å²) in [6, 6.07) is 14.9. The molecule has 1 saturated heterocycles. The molecular weight excluding hydrogens is 438 g/mol. The summed E-state index contributed by atoms with van der Waals surface area (Å²) in [5, 5.41) is 8.89.